The molecule has 0 aromatic heterocycles. The van der Waals surface area contributed by atoms with Crippen molar-refractivity contribution in [1.29, 1.82) is 0 Å². The van der Waals surface area contributed by atoms with Crippen LogP contribution in [0.2, 0.25) is 0 Å². The maximum atomic E-state index is 6.03. The zero-order valence-electron chi connectivity index (χ0n) is 12.1. The fraction of sp³-hybridized carbons (Fsp3) is 0.294. The van der Waals surface area contributed by atoms with Crippen molar-refractivity contribution in [3.63, 3.8) is 0 Å². The van der Waals surface area contributed by atoms with Gasteiger partial charge in [0, 0.05) is 12.1 Å². The van der Waals surface area contributed by atoms with Crippen LogP contribution in [0.15, 0.2) is 48.5 Å². The molecule has 20 heavy (non-hydrogen) atoms. The molecule has 1 N–H and O–H groups in total. The van der Waals surface area contributed by atoms with Crippen LogP contribution in [0.5, 0.6) is 17.2 Å². The lowest BCUT2D eigenvalue weighted by molar-refractivity contribution is 0.302. The number of hydrogen-bond acceptors (Lipinski definition) is 3. The molecule has 3 nitrogen and oxygen atoms in total. The molecule has 2 rings (SSSR count). The van der Waals surface area contributed by atoms with Crippen LogP contribution in [0.25, 0.3) is 0 Å². The van der Waals surface area contributed by atoms with Gasteiger partial charge in [0.25, 0.3) is 0 Å². The Morgan fingerprint density at radius 1 is 0.900 bits per heavy atom. The molecule has 0 fully saturated rings. The van der Waals surface area contributed by atoms with Crippen molar-refractivity contribution in [2.75, 3.05) is 13.7 Å². The highest BCUT2D eigenvalue weighted by atomic mass is 16.5. The molecule has 0 heterocycles. The van der Waals surface area contributed by atoms with E-state index in [0.717, 1.165) is 35.8 Å². The Bertz CT molecular complexity index is 540. The number of para-hydroxylation sites is 3. The summed E-state index contributed by atoms with van der Waals surface area (Å²) in [4.78, 5) is 0. The van der Waals surface area contributed by atoms with Gasteiger partial charge in [0.05, 0.1) is 6.61 Å². The largest absolute Gasteiger partial charge is 0.490 e. The fourth-order valence-electron chi connectivity index (χ4n) is 1.92. The van der Waals surface area contributed by atoms with Gasteiger partial charge in [-0.3, -0.25) is 0 Å². The molecule has 0 saturated carbocycles. The average molecular weight is 271 g/mol. The summed E-state index contributed by atoms with van der Waals surface area (Å²) in [5.74, 6) is 2.40. The monoisotopic (exact) mass is 271 g/mol. The number of rotatable bonds is 7. The van der Waals surface area contributed by atoms with Crippen LogP contribution < -0.4 is 14.8 Å². The van der Waals surface area contributed by atoms with Crippen LogP contribution in [-0.4, -0.2) is 13.7 Å². The van der Waals surface area contributed by atoms with E-state index in [1.165, 1.54) is 0 Å². The van der Waals surface area contributed by atoms with Gasteiger partial charge >= 0.3 is 0 Å². The Kier molecular flexibility index (Phi) is 5.44. The van der Waals surface area contributed by atoms with Crippen LogP contribution in [0, 0.1) is 0 Å². The predicted molar refractivity (Wildman–Crippen MR) is 81.5 cm³/mol. The lowest BCUT2D eigenvalue weighted by Crippen LogP contribution is -2.06. The SMILES string of the molecule is CCCOc1ccccc1Oc1ccccc1CNC. The van der Waals surface area contributed by atoms with Crippen molar-refractivity contribution >= 4 is 0 Å². The summed E-state index contributed by atoms with van der Waals surface area (Å²) in [5.41, 5.74) is 1.13. The quantitative estimate of drug-likeness (QED) is 0.826. The summed E-state index contributed by atoms with van der Waals surface area (Å²) in [6.07, 6.45) is 0.977. The second kappa shape index (κ2) is 7.56. The molecule has 0 aliphatic carbocycles. The van der Waals surface area contributed by atoms with Gasteiger partial charge in [-0.15, -0.1) is 0 Å². The highest BCUT2D eigenvalue weighted by Crippen LogP contribution is 2.32. The smallest absolute Gasteiger partial charge is 0.169 e. The van der Waals surface area contributed by atoms with Crippen molar-refractivity contribution in [3.05, 3.63) is 54.1 Å². The molecule has 0 unspecified atom stereocenters. The molecule has 2 aromatic rings. The topological polar surface area (TPSA) is 30.5 Å². The first kappa shape index (κ1) is 14.4. The van der Waals surface area contributed by atoms with Crippen LogP contribution in [-0.2, 0) is 6.54 Å². The number of ether oxygens (including phenoxy) is 2. The lowest BCUT2D eigenvalue weighted by Gasteiger charge is -2.14. The van der Waals surface area contributed by atoms with E-state index in [1.54, 1.807) is 0 Å². The second-order valence-corrected chi connectivity index (χ2v) is 4.54. The van der Waals surface area contributed by atoms with Gasteiger partial charge in [-0.25, -0.2) is 0 Å². The van der Waals surface area contributed by atoms with Gasteiger partial charge in [-0.1, -0.05) is 37.3 Å². The zero-order valence-corrected chi connectivity index (χ0v) is 12.1. The first-order valence-corrected chi connectivity index (χ1v) is 6.97. The molecule has 0 atom stereocenters. The minimum atomic E-state index is 0.693. The van der Waals surface area contributed by atoms with E-state index in [2.05, 4.69) is 18.3 Å². The van der Waals surface area contributed by atoms with Crippen molar-refractivity contribution in [2.24, 2.45) is 0 Å². The number of hydrogen-bond donors (Lipinski definition) is 1. The van der Waals surface area contributed by atoms with Crippen LogP contribution >= 0.6 is 0 Å². The first-order chi connectivity index (χ1) is 9.85. The maximum absolute atomic E-state index is 6.03. The van der Waals surface area contributed by atoms with E-state index in [9.17, 15) is 0 Å². The Morgan fingerprint density at radius 3 is 2.25 bits per heavy atom. The van der Waals surface area contributed by atoms with Gasteiger partial charge < -0.3 is 14.8 Å². The average Bonchev–Trinajstić information content (AvgIpc) is 2.49. The molecule has 0 saturated heterocycles. The summed E-state index contributed by atoms with van der Waals surface area (Å²) in [5, 5.41) is 3.15. The van der Waals surface area contributed by atoms with Gasteiger partial charge in [0.15, 0.2) is 11.5 Å². The Labute approximate surface area is 120 Å². The summed E-state index contributed by atoms with van der Waals surface area (Å²) in [7, 11) is 1.93. The van der Waals surface area contributed by atoms with Crippen molar-refractivity contribution in [2.45, 2.75) is 19.9 Å². The lowest BCUT2D eigenvalue weighted by atomic mass is 10.2. The molecular weight excluding hydrogens is 250 g/mol. The van der Waals surface area contributed by atoms with E-state index < -0.39 is 0 Å². The van der Waals surface area contributed by atoms with Crippen molar-refractivity contribution in [1.82, 2.24) is 5.32 Å². The minimum absolute atomic E-state index is 0.693. The van der Waals surface area contributed by atoms with Crippen LogP contribution in [0.3, 0.4) is 0 Å². The molecule has 3 heteroatoms. The zero-order chi connectivity index (χ0) is 14.2. The van der Waals surface area contributed by atoms with Gasteiger partial charge in [0.2, 0.25) is 0 Å². The molecule has 0 aliphatic rings. The maximum Gasteiger partial charge on any atom is 0.169 e. The summed E-state index contributed by atoms with van der Waals surface area (Å²) in [6.45, 7) is 3.55. The molecule has 0 bridgehead atoms. The Morgan fingerprint density at radius 2 is 1.55 bits per heavy atom. The van der Waals surface area contributed by atoms with E-state index in [-0.39, 0.29) is 0 Å². The highest BCUT2D eigenvalue weighted by molar-refractivity contribution is 5.44. The van der Waals surface area contributed by atoms with Crippen LogP contribution in [0.4, 0.5) is 0 Å². The third-order valence-corrected chi connectivity index (χ3v) is 2.87. The van der Waals surface area contributed by atoms with Crippen LogP contribution in [0.1, 0.15) is 18.9 Å². The van der Waals surface area contributed by atoms with E-state index in [0.29, 0.717) is 6.61 Å². The molecule has 0 radical (unpaired) electrons. The fourth-order valence-corrected chi connectivity index (χ4v) is 1.92. The Balaban J connectivity index is 2.21. The molecule has 0 spiro atoms. The normalized spacial score (nSPS) is 10.3. The van der Waals surface area contributed by atoms with Gasteiger partial charge in [-0.2, -0.15) is 0 Å². The molecule has 106 valence electrons. The van der Waals surface area contributed by atoms with E-state index >= 15 is 0 Å². The van der Waals surface area contributed by atoms with Crippen molar-refractivity contribution < 1.29 is 9.47 Å². The molecule has 2 aromatic carbocycles. The van der Waals surface area contributed by atoms with E-state index in [4.69, 9.17) is 9.47 Å². The van der Waals surface area contributed by atoms with Crippen molar-refractivity contribution in [3.8, 4) is 17.2 Å². The number of nitrogens with one attached hydrogen (secondary N) is 1. The predicted octanol–water partition coefficient (Wildman–Crippen LogP) is 3.99. The highest BCUT2D eigenvalue weighted by Gasteiger charge is 2.08. The molecule has 0 aliphatic heterocycles. The molecular formula is C17H21NO2. The second-order valence-electron chi connectivity index (χ2n) is 4.54. The summed E-state index contributed by atoms with van der Waals surface area (Å²) >= 11 is 0. The third kappa shape index (κ3) is 3.75. The first-order valence-electron chi connectivity index (χ1n) is 6.97. The van der Waals surface area contributed by atoms with Gasteiger partial charge in [0.1, 0.15) is 5.75 Å². The summed E-state index contributed by atoms with van der Waals surface area (Å²) in [6, 6.07) is 15.8. The third-order valence-electron chi connectivity index (χ3n) is 2.87. The minimum Gasteiger partial charge on any atom is -0.490 e. The molecule has 0 amide bonds. The van der Waals surface area contributed by atoms with Gasteiger partial charge in [-0.05, 0) is 31.7 Å². The number of benzene rings is 2. The summed E-state index contributed by atoms with van der Waals surface area (Å²) < 4.78 is 11.7. The Hall–Kier alpha value is -2.00. The standard InChI is InChI=1S/C17H21NO2/c1-3-12-19-16-10-6-7-11-17(16)20-15-9-5-4-8-14(15)13-18-2/h4-11,18H,3,12-13H2,1-2H3. The van der Waals surface area contributed by atoms with E-state index in [1.807, 2.05) is 49.5 Å².